The summed E-state index contributed by atoms with van der Waals surface area (Å²) < 4.78 is 12.3. The number of methoxy groups -OCH3 is 1. The molecule has 0 unspecified atom stereocenters. The lowest BCUT2D eigenvalue weighted by Crippen LogP contribution is -2.32. The van der Waals surface area contributed by atoms with Crippen LogP contribution in [0.1, 0.15) is 28.6 Å². The monoisotopic (exact) mass is 484 g/mol. The lowest BCUT2D eigenvalue weighted by molar-refractivity contribution is -0.765. The summed E-state index contributed by atoms with van der Waals surface area (Å²) in [5, 5.41) is 7.52. The van der Waals surface area contributed by atoms with Crippen molar-refractivity contribution in [2.75, 3.05) is 18.2 Å². The van der Waals surface area contributed by atoms with E-state index in [2.05, 4.69) is 10.6 Å². The summed E-state index contributed by atoms with van der Waals surface area (Å²) in [4.78, 5) is 19.1. The molecule has 0 spiro atoms. The topological polar surface area (TPSA) is 107 Å². The fraction of sp³-hybridized carbons (Fsp3) is 0.154. The summed E-state index contributed by atoms with van der Waals surface area (Å²) in [5.41, 5.74) is 10.6. The highest BCUT2D eigenvalue weighted by Gasteiger charge is 2.36. The minimum Gasteiger partial charge on any atom is -0.497 e. The molecule has 1 fully saturated rings. The number of amides is 1. The van der Waals surface area contributed by atoms with Crippen molar-refractivity contribution >= 4 is 39.0 Å². The number of nitrogens with zero attached hydrogens (tertiary/aromatic N) is 3. The summed E-state index contributed by atoms with van der Waals surface area (Å²) in [6.07, 6.45) is 3.84. The molecule has 2 aromatic carbocycles. The average Bonchev–Trinajstić information content (AvgIpc) is 3.55. The largest absolute Gasteiger partial charge is 0.497 e. The number of hydrogen-bond donors (Lipinski definition) is 2. The Balaban J connectivity index is 1.44. The first-order valence-electron chi connectivity index (χ1n) is 11.2. The number of pyridine rings is 1. The lowest BCUT2D eigenvalue weighted by Gasteiger charge is -2.09. The van der Waals surface area contributed by atoms with Crippen LogP contribution in [0.4, 0.5) is 11.6 Å². The van der Waals surface area contributed by atoms with Crippen molar-refractivity contribution in [1.29, 1.82) is 0 Å². The maximum atomic E-state index is 13.2. The number of hydrogen-bond acceptors (Lipinski definition) is 7. The highest BCUT2D eigenvalue weighted by molar-refractivity contribution is 7.21. The molecule has 6 rings (SSSR count). The third-order valence-corrected chi connectivity index (χ3v) is 7.11. The minimum atomic E-state index is -0.352. The van der Waals surface area contributed by atoms with Crippen LogP contribution in [0.3, 0.4) is 0 Å². The Morgan fingerprint density at radius 2 is 1.91 bits per heavy atom. The second kappa shape index (κ2) is 8.52. The van der Waals surface area contributed by atoms with Crippen molar-refractivity contribution in [1.82, 2.24) is 10.3 Å². The van der Waals surface area contributed by atoms with Crippen molar-refractivity contribution in [2.45, 2.75) is 18.9 Å². The van der Waals surface area contributed by atoms with Gasteiger partial charge in [0.25, 0.3) is 12.1 Å². The molecule has 0 atom stereocenters. The van der Waals surface area contributed by atoms with Crippen LogP contribution in [-0.4, -0.2) is 23.3 Å². The Morgan fingerprint density at radius 3 is 2.63 bits per heavy atom. The molecule has 174 valence electrons. The van der Waals surface area contributed by atoms with E-state index in [0.717, 1.165) is 46.4 Å². The number of nitrogens with two attached hydrogens (primary N) is 1. The molecule has 1 aliphatic carbocycles. The van der Waals surface area contributed by atoms with E-state index in [1.165, 1.54) is 11.3 Å². The Labute approximate surface area is 204 Å². The van der Waals surface area contributed by atoms with Crippen LogP contribution in [0, 0.1) is 0 Å². The number of aromatic nitrogens is 3. The Bertz CT molecular complexity index is 1540. The van der Waals surface area contributed by atoms with E-state index in [9.17, 15) is 4.79 Å². The predicted molar refractivity (Wildman–Crippen MR) is 134 cm³/mol. The first kappa shape index (κ1) is 21.3. The molecule has 8 nitrogen and oxygen atoms in total. The normalized spacial score (nSPS) is 13.2. The molecular weight excluding hydrogens is 462 g/mol. The highest BCUT2D eigenvalue weighted by atomic mass is 32.1. The van der Waals surface area contributed by atoms with E-state index in [1.54, 1.807) is 18.0 Å². The summed E-state index contributed by atoms with van der Waals surface area (Å²) in [6, 6.07) is 20.1. The molecule has 3 aromatic heterocycles. The van der Waals surface area contributed by atoms with Gasteiger partial charge in [-0.1, -0.05) is 30.3 Å². The molecule has 0 radical (unpaired) electrons. The fourth-order valence-electron chi connectivity index (χ4n) is 4.04. The summed E-state index contributed by atoms with van der Waals surface area (Å²) in [5.74, 6) is 0.705. The predicted octanol–water partition coefficient (Wildman–Crippen LogP) is 5.08. The fourth-order valence-corrected chi connectivity index (χ4v) is 5.05. The standard InChI is InChI=1S/C26H21N5O3S/c1-33-18-11-7-16(8-12-18)20-13-19(15-5-3-2-4-6-15)22-23(27)24(35-26(22)28-20)25(32)29-21-14-31(30-34-21)17-9-10-17/h2-8,11-14,17H,9-10H2,1H3,(H2-,27,29,30,32)/p+1. The minimum absolute atomic E-state index is 0.286. The molecule has 1 saturated carbocycles. The molecule has 35 heavy (non-hydrogen) atoms. The number of fused-ring (bicyclic) bond motifs is 1. The lowest BCUT2D eigenvalue weighted by atomic mass is 9.99. The second-order valence-electron chi connectivity index (χ2n) is 8.41. The third-order valence-electron chi connectivity index (χ3n) is 6.02. The van der Waals surface area contributed by atoms with Crippen LogP contribution >= 0.6 is 11.3 Å². The molecule has 9 heteroatoms. The summed E-state index contributed by atoms with van der Waals surface area (Å²) >= 11 is 1.26. The van der Waals surface area contributed by atoms with Gasteiger partial charge in [-0.15, -0.1) is 11.3 Å². The summed E-state index contributed by atoms with van der Waals surface area (Å²) in [6.45, 7) is 0. The molecule has 0 bridgehead atoms. The van der Waals surface area contributed by atoms with Gasteiger partial charge in [-0.25, -0.2) is 4.98 Å². The van der Waals surface area contributed by atoms with Crippen LogP contribution in [0.15, 0.2) is 71.4 Å². The van der Waals surface area contributed by atoms with Gasteiger partial charge >= 0.3 is 5.88 Å². The van der Waals surface area contributed by atoms with Crippen LogP contribution in [0.25, 0.3) is 32.6 Å². The molecule has 3 heterocycles. The van der Waals surface area contributed by atoms with Crippen LogP contribution in [0.2, 0.25) is 0 Å². The SMILES string of the molecule is COc1ccc(-c2cc(-c3ccccc3)c3c(N)c(C(=O)Nc4c[n+](C5CC5)no4)sc3n2)cc1. The van der Waals surface area contributed by atoms with Gasteiger partial charge in [0.2, 0.25) is 5.27 Å². The molecular formula is C26H22N5O3S+. The van der Waals surface area contributed by atoms with Gasteiger partial charge in [-0.05, 0) is 46.1 Å². The number of rotatable bonds is 6. The zero-order chi connectivity index (χ0) is 23.9. The molecule has 3 N–H and O–H groups in total. The first-order valence-corrected chi connectivity index (χ1v) is 12.0. The third kappa shape index (κ3) is 4.00. The van der Waals surface area contributed by atoms with Gasteiger partial charge in [0.15, 0.2) is 6.04 Å². The number of carbonyl (C=O) groups excluding carboxylic acids is 1. The number of nitrogen functional groups attached to an aromatic ring is 1. The van der Waals surface area contributed by atoms with Crippen LogP contribution in [0.5, 0.6) is 5.75 Å². The van der Waals surface area contributed by atoms with Crippen LogP contribution < -0.4 is 20.5 Å². The number of benzene rings is 2. The Morgan fingerprint density at radius 1 is 1.14 bits per heavy atom. The van der Waals surface area contributed by atoms with Crippen molar-refractivity contribution in [3.8, 4) is 28.1 Å². The Kier molecular flexibility index (Phi) is 5.18. The molecule has 5 aromatic rings. The van der Waals surface area contributed by atoms with Crippen LogP contribution in [-0.2, 0) is 0 Å². The average molecular weight is 485 g/mol. The van der Waals surface area contributed by atoms with E-state index in [1.807, 2.05) is 60.7 Å². The zero-order valence-electron chi connectivity index (χ0n) is 18.9. The van der Waals surface area contributed by atoms with E-state index >= 15 is 0 Å². The molecule has 0 saturated heterocycles. The van der Waals surface area contributed by atoms with E-state index in [4.69, 9.17) is 20.0 Å². The summed E-state index contributed by atoms with van der Waals surface area (Å²) in [7, 11) is 1.64. The Hall–Kier alpha value is -4.24. The van der Waals surface area contributed by atoms with Gasteiger partial charge in [0.1, 0.15) is 15.5 Å². The van der Waals surface area contributed by atoms with Crippen molar-refractivity contribution in [3.05, 3.63) is 71.7 Å². The maximum Gasteiger partial charge on any atom is 0.302 e. The number of carbonyl (C=O) groups is 1. The maximum absolute atomic E-state index is 13.2. The number of ether oxygens (including phenoxy) is 1. The van der Waals surface area contributed by atoms with Gasteiger partial charge in [0.05, 0.1) is 18.5 Å². The smallest absolute Gasteiger partial charge is 0.302 e. The van der Waals surface area contributed by atoms with E-state index < -0.39 is 0 Å². The van der Waals surface area contributed by atoms with Crippen molar-refractivity contribution in [2.24, 2.45) is 0 Å². The quantitative estimate of drug-likeness (QED) is 0.325. The van der Waals surface area contributed by atoms with E-state index in [0.29, 0.717) is 21.4 Å². The molecule has 0 aliphatic heterocycles. The highest BCUT2D eigenvalue weighted by Crippen LogP contribution is 2.41. The van der Waals surface area contributed by atoms with Crippen molar-refractivity contribution in [3.63, 3.8) is 0 Å². The van der Waals surface area contributed by atoms with Gasteiger partial charge in [-0.3, -0.25) is 14.6 Å². The van der Waals surface area contributed by atoms with Crippen molar-refractivity contribution < 1.29 is 18.7 Å². The zero-order valence-corrected chi connectivity index (χ0v) is 19.7. The van der Waals surface area contributed by atoms with E-state index in [-0.39, 0.29) is 11.8 Å². The molecule has 1 amide bonds. The number of anilines is 2. The number of thiophene rings is 1. The van der Waals surface area contributed by atoms with Gasteiger partial charge in [0, 0.05) is 23.8 Å². The van der Waals surface area contributed by atoms with Gasteiger partial charge in [-0.2, -0.15) is 0 Å². The van der Waals surface area contributed by atoms with Gasteiger partial charge < -0.3 is 10.5 Å². The first-order chi connectivity index (χ1) is 17.1. The molecule has 1 aliphatic rings. The number of nitrogens with one attached hydrogen (secondary N) is 1. The second-order valence-corrected chi connectivity index (χ2v) is 9.41.